The molecule has 0 aliphatic carbocycles. The zero-order chi connectivity index (χ0) is 17.6. The molecule has 0 bridgehead atoms. The summed E-state index contributed by atoms with van der Waals surface area (Å²) in [5, 5.41) is 0. The molecule has 0 N–H and O–H groups in total. The number of benzene rings is 2. The summed E-state index contributed by atoms with van der Waals surface area (Å²) in [7, 11) is 0. The Morgan fingerprint density at radius 2 is 1.12 bits per heavy atom. The summed E-state index contributed by atoms with van der Waals surface area (Å²) in [6, 6.07) is 20.2. The summed E-state index contributed by atoms with van der Waals surface area (Å²) in [6.07, 6.45) is 0. The number of quaternary nitrogens is 1. The molecule has 0 aliphatic rings. The molecule has 2 unspecified atom stereocenters. The molecule has 130 valence electrons. The van der Waals surface area contributed by atoms with Crippen molar-refractivity contribution in [1.29, 1.82) is 0 Å². The fourth-order valence-corrected chi connectivity index (χ4v) is 3.65. The summed E-state index contributed by atoms with van der Waals surface area (Å²) < 4.78 is 1.18. The summed E-state index contributed by atoms with van der Waals surface area (Å²) in [6.45, 7) is 16.4. The number of rotatable bonds is 8. The molecule has 0 saturated carbocycles. The van der Waals surface area contributed by atoms with Gasteiger partial charge in [-0.05, 0) is 43.7 Å². The highest BCUT2D eigenvalue weighted by molar-refractivity contribution is 5.29. The second-order valence-electron chi connectivity index (χ2n) is 7.18. The van der Waals surface area contributed by atoms with Crippen LogP contribution in [0.3, 0.4) is 0 Å². The van der Waals surface area contributed by atoms with Crippen LogP contribution in [0, 0.1) is 0 Å². The van der Waals surface area contributed by atoms with E-state index < -0.39 is 0 Å². The van der Waals surface area contributed by atoms with Crippen LogP contribution < -0.4 is 0 Å². The molecule has 24 heavy (non-hydrogen) atoms. The highest BCUT2D eigenvalue weighted by Gasteiger charge is 2.21. The standard InChI is InChI=1S/C23H34N/c1-6-24(7-2,8-3)18-21-14-16-23(17-15-21)20(5)19(4)22-12-10-9-11-13-22/h9-17,19-20H,6-8,18H2,1-5H3/q+1. The van der Waals surface area contributed by atoms with Gasteiger partial charge in [-0.1, -0.05) is 68.4 Å². The summed E-state index contributed by atoms with van der Waals surface area (Å²) in [5.41, 5.74) is 4.33. The summed E-state index contributed by atoms with van der Waals surface area (Å²) >= 11 is 0. The van der Waals surface area contributed by atoms with Gasteiger partial charge < -0.3 is 4.48 Å². The van der Waals surface area contributed by atoms with E-state index in [4.69, 9.17) is 0 Å². The molecule has 1 heteroatoms. The minimum absolute atomic E-state index is 0.532. The molecule has 2 aromatic carbocycles. The van der Waals surface area contributed by atoms with Gasteiger partial charge in [-0.2, -0.15) is 0 Å². The van der Waals surface area contributed by atoms with Crippen molar-refractivity contribution in [3.05, 3.63) is 71.3 Å². The number of hydrogen-bond donors (Lipinski definition) is 0. The lowest BCUT2D eigenvalue weighted by atomic mass is 9.84. The van der Waals surface area contributed by atoms with Gasteiger partial charge in [0.25, 0.3) is 0 Å². The van der Waals surface area contributed by atoms with Gasteiger partial charge in [-0.25, -0.2) is 0 Å². The van der Waals surface area contributed by atoms with Crippen LogP contribution in [-0.4, -0.2) is 24.1 Å². The number of hydrogen-bond acceptors (Lipinski definition) is 0. The van der Waals surface area contributed by atoms with Crippen LogP contribution in [0.2, 0.25) is 0 Å². The Hall–Kier alpha value is -1.60. The highest BCUT2D eigenvalue weighted by Crippen LogP contribution is 2.32. The first-order chi connectivity index (χ1) is 11.5. The quantitative estimate of drug-likeness (QED) is 0.525. The minimum Gasteiger partial charge on any atom is -0.321 e. The maximum atomic E-state index is 2.34. The van der Waals surface area contributed by atoms with Gasteiger partial charge in [0.1, 0.15) is 6.54 Å². The van der Waals surface area contributed by atoms with E-state index in [0.29, 0.717) is 11.8 Å². The third-order valence-corrected chi connectivity index (χ3v) is 6.11. The zero-order valence-corrected chi connectivity index (χ0v) is 16.1. The first kappa shape index (κ1) is 18.7. The first-order valence-corrected chi connectivity index (χ1v) is 9.54. The van der Waals surface area contributed by atoms with Crippen molar-refractivity contribution in [3.8, 4) is 0 Å². The predicted molar refractivity (Wildman–Crippen MR) is 105 cm³/mol. The van der Waals surface area contributed by atoms with Crippen LogP contribution in [0.1, 0.15) is 63.1 Å². The van der Waals surface area contributed by atoms with E-state index in [1.54, 1.807) is 0 Å². The van der Waals surface area contributed by atoms with Gasteiger partial charge in [-0.3, -0.25) is 0 Å². The van der Waals surface area contributed by atoms with Gasteiger partial charge in [0, 0.05) is 5.56 Å². The van der Waals surface area contributed by atoms with Gasteiger partial charge in [-0.15, -0.1) is 0 Å². The van der Waals surface area contributed by atoms with Gasteiger partial charge in [0.2, 0.25) is 0 Å². The van der Waals surface area contributed by atoms with E-state index in [0.717, 1.165) is 6.54 Å². The van der Waals surface area contributed by atoms with Crippen molar-refractivity contribution in [2.45, 2.75) is 53.0 Å². The van der Waals surface area contributed by atoms with Gasteiger partial charge >= 0.3 is 0 Å². The van der Waals surface area contributed by atoms with Crippen LogP contribution >= 0.6 is 0 Å². The Balaban J connectivity index is 2.11. The molecule has 2 rings (SSSR count). The maximum absolute atomic E-state index is 2.34. The average Bonchev–Trinajstić information content (AvgIpc) is 2.66. The van der Waals surface area contributed by atoms with Crippen LogP contribution in [-0.2, 0) is 6.54 Å². The monoisotopic (exact) mass is 324 g/mol. The molecular formula is C23H34N+. The molecule has 0 aromatic heterocycles. The normalized spacial score (nSPS) is 14.4. The Labute approximate surface area is 148 Å². The predicted octanol–water partition coefficient (Wildman–Crippen LogP) is 5.97. The van der Waals surface area contributed by atoms with Crippen LogP contribution in [0.4, 0.5) is 0 Å². The zero-order valence-electron chi connectivity index (χ0n) is 16.1. The first-order valence-electron chi connectivity index (χ1n) is 9.54. The lowest BCUT2D eigenvalue weighted by Crippen LogP contribution is -2.46. The van der Waals surface area contributed by atoms with Crippen LogP contribution in [0.5, 0.6) is 0 Å². The fourth-order valence-electron chi connectivity index (χ4n) is 3.65. The van der Waals surface area contributed by atoms with E-state index in [-0.39, 0.29) is 0 Å². The summed E-state index contributed by atoms with van der Waals surface area (Å²) in [5.74, 6) is 1.07. The molecule has 0 heterocycles. The van der Waals surface area contributed by atoms with Crippen molar-refractivity contribution < 1.29 is 4.48 Å². The van der Waals surface area contributed by atoms with Gasteiger partial charge in [0.15, 0.2) is 0 Å². The van der Waals surface area contributed by atoms with E-state index in [1.165, 1.54) is 40.8 Å². The lowest BCUT2D eigenvalue weighted by Gasteiger charge is -2.36. The lowest BCUT2D eigenvalue weighted by molar-refractivity contribution is -0.936. The minimum atomic E-state index is 0.532. The SMILES string of the molecule is CC[N+](CC)(CC)Cc1ccc(C(C)C(C)c2ccccc2)cc1. The molecule has 2 aromatic rings. The van der Waals surface area contributed by atoms with E-state index in [9.17, 15) is 0 Å². The third-order valence-electron chi connectivity index (χ3n) is 6.11. The van der Waals surface area contributed by atoms with Crippen LogP contribution in [0.15, 0.2) is 54.6 Å². The molecular weight excluding hydrogens is 290 g/mol. The molecule has 0 spiro atoms. The summed E-state index contributed by atoms with van der Waals surface area (Å²) in [4.78, 5) is 0. The van der Waals surface area contributed by atoms with Crippen LogP contribution in [0.25, 0.3) is 0 Å². The molecule has 0 fully saturated rings. The molecule has 1 nitrogen and oxygen atoms in total. The second kappa shape index (κ2) is 8.48. The van der Waals surface area contributed by atoms with Crippen molar-refractivity contribution >= 4 is 0 Å². The molecule has 0 saturated heterocycles. The molecule has 2 atom stereocenters. The molecule has 0 radical (unpaired) electrons. The Morgan fingerprint density at radius 3 is 1.58 bits per heavy atom. The van der Waals surface area contributed by atoms with E-state index in [1.807, 2.05) is 0 Å². The largest absolute Gasteiger partial charge is 0.321 e. The van der Waals surface area contributed by atoms with Crippen molar-refractivity contribution in [3.63, 3.8) is 0 Å². The maximum Gasteiger partial charge on any atom is 0.104 e. The number of nitrogens with zero attached hydrogens (tertiary/aromatic N) is 1. The molecule has 0 amide bonds. The highest BCUT2D eigenvalue weighted by atomic mass is 15.3. The topological polar surface area (TPSA) is 0 Å². The van der Waals surface area contributed by atoms with Crippen molar-refractivity contribution in [2.75, 3.05) is 19.6 Å². The smallest absolute Gasteiger partial charge is 0.104 e. The van der Waals surface area contributed by atoms with Crippen molar-refractivity contribution in [2.24, 2.45) is 0 Å². The van der Waals surface area contributed by atoms with E-state index in [2.05, 4.69) is 89.2 Å². The third kappa shape index (κ3) is 4.27. The Kier molecular flexibility index (Phi) is 6.62. The Bertz CT molecular complexity index is 587. The average molecular weight is 325 g/mol. The Morgan fingerprint density at radius 1 is 0.667 bits per heavy atom. The van der Waals surface area contributed by atoms with Crippen molar-refractivity contribution in [1.82, 2.24) is 0 Å². The fraction of sp³-hybridized carbons (Fsp3) is 0.478. The van der Waals surface area contributed by atoms with Gasteiger partial charge in [0.05, 0.1) is 19.6 Å². The van der Waals surface area contributed by atoms with E-state index >= 15 is 0 Å². The second-order valence-corrected chi connectivity index (χ2v) is 7.18. The molecule has 0 aliphatic heterocycles.